The zero-order valence-electron chi connectivity index (χ0n) is 14.4. The van der Waals surface area contributed by atoms with Crippen LogP contribution in [0.15, 0.2) is 34.3 Å². The molecule has 0 aliphatic heterocycles. The average molecular weight is 342 g/mol. The van der Waals surface area contributed by atoms with Crippen molar-refractivity contribution in [1.82, 2.24) is 14.6 Å². The fourth-order valence-corrected chi connectivity index (χ4v) is 2.57. The van der Waals surface area contributed by atoms with Crippen LogP contribution in [0.3, 0.4) is 0 Å². The highest BCUT2D eigenvalue weighted by Crippen LogP contribution is 2.41. The monoisotopic (exact) mass is 342 g/mol. The van der Waals surface area contributed by atoms with E-state index in [9.17, 15) is 4.79 Å². The number of aryl methyl sites for hydroxylation is 1. The predicted octanol–water partition coefficient (Wildman–Crippen LogP) is 1.94. The molecule has 0 amide bonds. The fraction of sp³-hybridized carbons (Fsp3) is 0.235. The van der Waals surface area contributed by atoms with Gasteiger partial charge in [-0.1, -0.05) is 0 Å². The number of hydrogen-bond donors (Lipinski definition) is 1. The quantitative estimate of drug-likeness (QED) is 0.716. The predicted molar refractivity (Wildman–Crippen MR) is 94.2 cm³/mol. The van der Waals surface area contributed by atoms with Gasteiger partial charge in [0.05, 0.1) is 38.6 Å². The molecule has 0 bridgehead atoms. The first-order chi connectivity index (χ1) is 12.1. The molecule has 0 radical (unpaired) electrons. The van der Waals surface area contributed by atoms with Gasteiger partial charge in [0.2, 0.25) is 5.75 Å². The Labute approximate surface area is 143 Å². The van der Waals surface area contributed by atoms with Crippen LogP contribution in [0.4, 0.5) is 0 Å². The van der Waals surface area contributed by atoms with E-state index >= 15 is 0 Å². The molecule has 8 nitrogen and oxygen atoms in total. The number of fused-ring (bicyclic) bond motifs is 1. The fourth-order valence-electron chi connectivity index (χ4n) is 2.57. The van der Waals surface area contributed by atoms with E-state index in [4.69, 9.17) is 14.2 Å². The minimum atomic E-state index is -0.329. The zero-order chi connectivity index (χ0) is 18.0. The van der Waals surface area contributed by atoms with Crippen LogP contribution in [0.25, 0.3) is 10.9 Å². The number of aromatic nitrogens is 3. The molecular formula is C17H18N4O4. The molecule has 2 aromatic heterocycles. The van der Waals surface area contributed by atoms with Gasteiger partial charge in [0, 0.05) is 6.20 Å². The van der Waals surface area contributed by atoms with Gasteiger partial charge in [-0.15, -0.1) is 0 Å². The Morgan fingerprint density at radius 3 is 2.56 bits per heavy atom. The molecule has 0 aliphatic rings. The molecule has 130 valence electrons. The number of methoxy groups -OCH3 is 3. The maximum Gasteiger partial charge on any atom is 0.282 e. The molecule has 1 N–H and O–H groups in total. The number of rotatable bonds is 5. The topological polar surface area (TPSA) is 90.7 Å². The number of nitrogens with one attached hydrogen (secondary N) is 1. The third-order valence-corrected chi connectivity index (χ3v) is 3.74. The molecule has 0 saturated heterocycles. The molecule has 0 saturated carbocycles. The van der Waals surface area contributed by atoms with E-state index in [1.807, 2.05) is 12.1 Å². The summed E-state index contributed by atoms with van der Waals surface area (Å²) in [6.07, 6.45) is 3.33. The van der Waals surface area contributed by atoms with Crippen LogP contribution in [0.2, 0.25) is 0 Å². The Hall–Kier alpha value is -3.29. The summed E-state index contributed by atoms with van der Waals surface area (Å²) in [6, 6.07) is 5.26. The number of aromatic amines is 1. The van der Waals surface area contributed by atoms with Crippen molar-refractivity contribution < 1.29 is 14.2 Å². The van der Waals surface area contributed by atoms with Crippen LogP contribution in [-0.4, -0.2) is 42.2 Å². The molecule has 25 heavy (non-hydrogen) atoms. The highest BCUT2D eigenvalue weighted by molar-refractivity contribution is 5.89. The molecule has 2 heterocycles. The lowest BCUT2D eigenvalue weighted by molar-refractivity contribution is 0.326. The third-order valence-electron chi connectivity index (χ3n) is 3.74. The van der Waals surface area contributed by atoms with Crippen molar-refractivity contribution in [3.05, 3.63) is 46.3 Å². The molecule has 0 aliphatic carbocycles. The second-order valence-electron chi connectivity index (χ2n) is 5.19. The first kappa shape index (κ1) is 16.6. The highest BCUT2D eigenvalue weighted by Gasteiger charge is 2.20. The van der Waals surface area contributed by atoms with E-state index in [-0.39, 0.29) is 5.56 Å². The Bertz CT molecular complexity index is 990. The molecule has 0 spiro atoms. The minimum Gasteiger partial charge on any atom is -0.493 e. The Morgan fingerprint density at radius 2 is 1.96 bits per heavy atom. The maximum absolute atomic E-state index is 12.9. The number of hydrogen-bond acceptors (Lipinski definition) is 6. The lowest BCUT2D eigenvalue weighted by Crippen LogP contribution is -2.21. The van der Waals surface area contributed by atoms with Crippen LogP contribution >= 0.6 is 0 Å². The van der Waals surface area contributed by atoms with Gasteiger partial charge in [0.1, 0.15) is 11.3 Å². The minimum absolute atomic E-state index is 0.323. The van der Waals surface area contributed by atoms with Crippen molar-refractivity contribution >= 4 is 17.1 Å². The molecular weight excluding hydrogens is 324 g/mol. The van der Waals surface area contributed by atoms with Gasteiger partial charge in [0.25, 0.3) is 5.56 Å². The largest absolute Gasteiger partial charge is 0.493 e. The van der Waals surface area contributed by atoms with Gasteiger partial charge >= 0.3 is 0 Å². The first-order valence-corrected chi connectivity index (χ1v) is 7.50. The van der Waals surface area contributed by atoms with Crippen molar-refractivity contribution in [2.75, 3.05) is 21.3 Å². The summed E-state index contributed by atoms with van der Waals surface area (Å²) in [6.45, 7) is 1.70. The van der Waals surface area contributed by atoms with Gasteiger partial charge in [-0.05, 0) is 25.1 Å². The zero-order valence-corrected chi connectivity index (χ0v) is 14.4. The van der Waals surface area contributed by atoms with Crippen molar-refractivity contribution in [3.8, 4) is 17.2 Å². The smallest absolute Gasteiger partial charge is 0.282 e. The summed E-state index contributed by atoms with van der Waals surface area (Å²) < 4.78 is 17.3. The van der Waals surface area contributed by atoms with Crippen molar-refractivity contribution in [1.29, 1.82) is 0 Å². The molecule has 0 fully saturated rings. The van der Waals surface area contributed by atoms with E-state index < -0.39 is 0 Å². The number of benzene rings is 1. The summed E-state index contributed by atoms with van der Waals surface area (Å²) in [5.74, 6) is 1.54. The van der Waals surface area contributed by atoms with E-state index in [1.54, 1.807) is 25.4 Å². The first-order valence-electron chi connectivity index (χ1n) is 7.50. The van der Waals surface area contributed by atoms with E-state index in [2.05, 4.69) is 15.1 Å². The third kappa shape index (κ3) is 2.82. The molecule has 8 heteroatoms. The Morgan fingerprint density at radius 1 is 1.20 bits per heavy atom. The Kier molecular flexibility index (Phi) is 4.42. The normalized spacial score (nSPS) is 11.2. The summed E-state index contributed by atoms with van der Waals surface area (Å²) >= 11 is 0. The molecule has 3 aromatic rings. The van der Waals surface area contributed by atoms with E-state index in [0.717, 1.165) is 5.69 Å². The van der Waals surface area contributed by atoms with Crippen LogP contribution in [0.1, 0.15) is 11.5 Å². The second-order valence-corrected chi connectivity index (χ2v) is 5.19. The summed E-state index contributed by atoms with van der Waals surface area (Å²) in [7, 11) is 4.48. The van der Waals surface area contributed by atoms with Gasteiger partial charge in [-0.3, -0.25) is 4.79 Å². The van der Waals surface area contributed by atoms with Gasteiger partial charge < -0.3 is 19.2 Å². The van der Waals surface area contributed by atoms with E-state index in [1.165, 1.54) is 26.0 Å². The number of H-pyrrole nitrogens is 1. The lowest BCUT2D eigenvalue weighted by Gasteiger charge is -2.15. The number of nitrogens with zero attached hydrogens (tertiary/aromatic N) is 3. The van der Waals surface area contributed by atoms with Gasteiger partial charge in [-0.2, -0.15) is 9.78 Å². The maximum atomic E-state index is 12.9. The van der Waals surface area contributed by atoms with Gasteiger partial charge in [0.15, 0.2) is 11.5 Å². The molecule has 0 atom stereocenters. The SMILES string of the molecule is COc1cc2c(=O)n(/N=C/c3ccc[nH]3)c(C)nc2c(OC)c1OC. The van der Waals surface area contributed by atoms with Crippen molar-refractivity contribution in [3.63, 3.8) is 0 Å². The molecule has 3 rings (SSSR count). The summed E-state index contributed by atoms with van der Waals surface area (Å²) in [5.41, 5.74) is 0.842. The lowest BCUT2D eigenvalue weighted by atomic mass is 10.2. The average Bonchev–Trinajstić information content (AvgIpc) is 3.13. The van der Waals surface area contributed by atoms with Crippen LogP contribution in [-0.2, 0) is 0 Å². The van der Waals surface area contributed by atoms with E-state index in [0.29, 0.717) is 34.0 Å². The molecule has 1 aromatic carbocycles. The van der Waals surface area contributed by atoms with Crippen LogP contribution in [0, 0.1) is 6.92 Å². The molecule has 0 unspecified atom stereocenters. The Balaban J connectivity index is 2.27. The summed E-state index contributed by atoms with van der Waals surface area (Å²) in [4.78, 5) is 20.4. The van der Waals surface area contributed by atoms with Crippen LogP contribution < -0.4 is 19.8 Å². The highest BCUT2D eigenvalue weighted by atomic mass is 16.5. The number of ether oxygens (including phenoxy) is 3. The standard InChI is InChI=1S/C17H18N4O4/c1-10-20-14-12(8-13(23-2)15(24-3)16(14)25-4)17(22)21(10)19-9-11-6-5-7-18-11/h5-9,18H,1-4H3/b19-9+. The van der Waals surface area contributed by atoms with Gasteiger partial charge in [-0.25, -0.2) is 4.98 Å². The van der Waals surface area contributed by atoms with Crippen molar-refractivity contribution in [2.24, 2.45) is 5.10 Å². The van der Waals surface area contributed by atoms with Crippen molar-refractivity contribution in [2.45, 2.75) is 6.92 Å². The second kappa shape index (κ2) is 6.68. The summed E-state index contributed by atoms with van der Waals surface area (Å²) in [5, 5.41) is 4.55. The van der Waals surface area contributed by atoms with Crippen LogP contribution in [0.5, 0.6) is 17.2 Å².